The van der Waals surface area contributed by atoms with E-state index in [1.165, 1.54) is 12.1 Å². The molecule has 1 aliphatic heterocycles. The molecule has 4 nitrogen and oxygen atoms in total. The van der Waals surface area contributed by atoms with Crippen LogP contribution in [0.1, 0.15) is 28.8 Å². The Morgan fingerprint density at radius 2 is 1.96 bits per heavy atom. The molecule has 130 valence electrons. The summed E-state index contributed by atoms with van der Waals surface area (Å²) in [6.07, 6.45) is 1.95. The summed E-state index contributed by atoms with van der Waals surface area (Å²) < 4.78 is 12.8. The Bertz CT molecular complexity index is 777. The fraction of sp³-hybridized carbons (Fsp3) is 0.263. The monoisotopic (exact) mass is 358 g/mol. The molecule has 0 aliphatic carbocycles. The topological polar surface area (TPSA) is 58.2 Å². The molecule has 3 rings (SSSR count). The molecule has 0 bridgehead atoms. The van der Waals surface area contributed by atoms with Crippen LogP contribution in [-0.2, 0) is 11.2 Å². The lowest BCUT2D eigenvalue weighted by molar-refractivity contribution is -0.116. The number of benzene rings is 2. The van der Waals surface area contributed by atoms with Crippen LogP contribution in [0.15, 0.2) is 47.4 Å². The molecule has 0 saturated heterocycles. The first-order valence-electron chi connectivity index (χ1n) is 8.21. The first kappa shape index (κ1) is 17.5. The first-order valence-corrected chi connectivity index (χ1v) is 9.20. The molecule has 0 fully saturated rings. The molecule has 0 saturated carbocycles. The van der Waals surface area contributed by atoms with E-state index >= 15 is 0 Å². The van der Waals surface area contributed by atoms with E-state index in [0.717, 1.165) is 28.3 Å². The normalized spacial score (nSPS) is 13.1. The Hall–Kier alpha value is -2.34. The summed E-state index contributed by atoms with van der Waals surface area (Å²) in [5.41, 5.74) is 2.41. The number of fused-ring (bicyclic) bond motifs is 1. The van der Waals surface area contributed by atoms with E-state index in [-0.39, 0.29) is 17.6 Å². The van der Waals surface area contributed by atoms with E-state index < -0.39 is 0 Å². The number of thioether (sulfide) groups is 1. The average molecular weight is 358 g/mol. The molecule has 1 aliphatic rings. The minimum atomic E-state index is -0.235. The van der Waals surface area contributed by atoms with Gasteiger partial charge in [0.1, 0.15) is 5.82 Å². The number of halogens is 1. The summed E-state index contributed by atoms with van der Waals surface area (Å²) in [7, 11) is 0. The van der Waals surface area contributed by atoms with Crippen molar-refractivity contribution in [3.8, 4) is 0 Å². The van der Waals surface area contributed by atoms with Crippen molar-refractivity contribution in [3.63, 3.8) is 0 Å². The quantitative estimate of drug-likeness (QED) is 0.612. The highest BCUT2D eigenvalue weighted by Crippen LogP contribution is 2.23. The fourth-order valence-corrected chi connectivity index (χ4v) is 3.47. The van der Waals surface area contributed by atoms with E-state index in [4.69, 9.17) is 0 Å². The number of hydrogen-bond acceptors (Lipinski definition) is 3. The van der Waals surface area contributed by atoms with Crippen molar-refractivity contribution in [1.82, 2.24) is 5.32 Å². The van der Waals surface area contributed by atoms with Crippen LogP contribution in [0.3, 0.4) is 0 Å². The van der Waals surface area contributed by atoms with Crippen LogP contribution >= 0.6 is 11.8 Å². The number of aryl methyl sites for hydroxylation is 1. The van der Waals surface area contributed by atoms with Gasteiger partial charge in [-0.1, -0.05) is 0 Å². The molecular formula is C19H19FN2O2S. The van der Waals surface area contributed by atoms with E-state index in [9.17, 15) is 14.0 Å². The van der Waals surface area contributed by atoms with Gasteiger partial charge in [-0.05, 0) is 66.6 Å². The third kappa shape index (κ3) is 4.82. The van der Waals surface area contributed by atoms with Gasteiger partial charge in [0, 0.05) is 29.1 Å². The maximum Gasteiger partial charge on any atom is 0.251 e. The Morgan fingerprint density at radius 1 is 1.16 bits per heavy atom. The second-order valence-corrected chi connectivity index (χ2v) is 7.00. The lowest BCUT2D eigenvalue weighted by Gasteiger charge is -2.17. The van der Waals surface area contributed by atoms with Gasteiger partial charge >= 0.3 is 0 Å². The Balaban J connectivity index is 1.43. The van der Waals surface area contributed by atoms with Gasteiger partial charge in [-0.25, -0.2) is 4.39 Å². The molecule has 2 amide bonds. The van der Waals surface area contributed by atoms with Crippen LogP contribution in [0.2, 0.25) is 0 Å². The molecule has 0 atom stereocenters. The SMILES string of the molecule is O=C1CCc2cc(C(=O)NCCCSc3ccc(F)cc3)ccc2N1. The minimum absolute atomic E-state index is 0.0170. The molecule has 2 N–H and O–H groups in total. The van der Waals surface area contributed by atoms with Crippen molar-refractivity contribution in [1.29, 1.82) is 0 Å². The first-order chi connectivity index (χ1) is 12.1. The van der Waals surface area contributed by atoms with Crippen molar-refractivity contribution in [2.45, 2.75) is 24.2 Å². The highest BCUT2D eigenvalue weighted by Gasteiger charge is 2.16. The lowest BCUT2D eigenvalue weighted by atomic mass is 10.00. The third-order valence-electron chi connectivity index (χ3n) is 3.95. The van der Waals surface area contributed by atoms with Gasteiger partial charge in [-0.15, -0.1) is 11.8 Å². The van der Waals surface area contributed by atoms with E-state index in [1.807, 2.05) is 6.07 Å². The minimum Gasteiger partial charge on any atom is -0.352 e. The number of hydrogen-bond donors (Lipinski definition) is 2. The Kier molecular flexibility index (Phi) is 5.71. The highest BCUT2D eigenvalue weighted by atomic mass is 32.2. The molecule has 0 unspecified atom stereocenters. The van der Waals surface area contributed by atoms with Crippen molar-refractivity contribution in [2.75, 3.05) is 17.6 Å². The maximum absolute atomic E-state index is 12.8. The van der Waals surface area contributed by atoms with Crippen molar-refractivity contribution < 1.29 is 14.0 Å². The molecule has 1 heterocycles. The second kappa shape index (κ2) is 8.16. The predicted molar refractivity (Wildman–Crippen MR) is 97.5 cm³/mol. The van der Waals surface area contributed by atoms with Crippen LogP contribution in [0, 0.1) is 5.82 Å². The summed E-state index contributed by atoms with van der Waals surface area (Å²) in [6.45, 7) is 0.584. The van der Waals surface area contributed by atoms with Crippen LogP contribution < -0.4 is 10.6 Å². The molecule has 0 spiro atoms. The molecule has 6 heteroatoms. The Labute approximate surface area is 150 Å². The zero-order valence-corrected chi connectivity index (χ0v) is 14.5. The van der Waals surface area contributed by atoms with Crippen LogP contribution in [-0.4, -0.2) is 24.1 Å². The molecule has 2 aromatic carbocycles. The Morgan fingerprint density at radius 3 is 2.76 bits per heavy atom. The fourth-order valence-electron chi connectivity index (χ4n) is 2.62. The van der Waals surface area contributed by atoms with E-state index in [2.05, 4.69) is 10.6 Å². The zero-order chi connectivity index (χ0) is 17.6. The molecule has 25 heavy (non-hydrogen) atoms. The molecule has 2 aromatic rings. The number of carbonyl (C=O) groups excluding carboxylic acids is 2. The van der Waals surface area contributed by atoms with Crippen molar-refractivity contribution >= 4 is 29.3 Å². The molecular weight excluding hydrogens is 339 g/mol. The molecule has 0 radical (unpaired) electrons. The van der Waals surface area contributed by atoms with Gasteiger partial charge in [0.2, 0.25) is 5.91 Å². The number of nitrogens with one attached hydrogen (secondary N) is 2. The van der Waals surface area contributed by atoms with Gasteiger partial charge in [0.05, 0.1) is 0 Å². The highest BCUT2D eigenvalue weighted by molar-refractivity contribution is 7.99. The summed E-state index contributed by atoms with van der Waals surface area (Å²) >= 11 is 1.64. The maximum atomic E-state index is 12.8. The summed E-state index contributed by atoms with van der Waals surface area (Å²) in [6, 6.07) is 11.8. The van der Waals surface area contributed by atoms with E-state index in [0.29, 0.717) is 24.9 Å². The third-order valence-corrected chi connectivity index (χ3v) is 5.05. The van der Waals surface area contributed by atoms with Crippen LogP contribution in [0.5, 0.6) is 0 Å². The second-order valence-electron chi connectivity index (χ2n) is 5.83. The zero-order valence-electron chi connectivity index (χ0n) is 13.7. The van der Waals surface area contributed by atoms with Crippen LogP contribution in [0.25, 0.3) is 0 Å². The van der Waals surface area contributed by atoms with E-state index in [1.54, 1.807) is 36.0 Å². The predicted octanol–water partition coefficient (Wildman–Crippen LogP) is 3.62. The molecule has 0 aromatic heterocycles. The van der Waals surface area contributed by atoms with Crippen LogP contribution in [0.4, 0.5) is 10.1 Å². The summed E-state index contributed by atoms with van der Waals surface area (Å²) in [5, 5.41) is 5.72. The number of anilines is 1. The van der Waals surface area contributed by atoms with Crippen molar-refractivity contribution in [3.05, 3.63) is 59.4 Å². The number of amides is 2. The van der Waals surface area contributed by atoms with Gasteiger partial charge < -0.3 is 10.6 Å². The number of carbonyl (C=O) groups is 2. The number of rotatable bonds is 6. The van der Waals surface area contributed by atoms with Gasteiger partial charge in [-0.2, -0.15) is 0 Å². The van der Waals surface area contributed by atoms with Gasteiger partial charge in [0.25, 0.3) is 5.91 Å². The standard InChI is InChI=1S/C19H19FN2O2S/c20-15-4-6-16(7-5-15)25-11-1-10-21-19(24)14-2-8-17-13(12-14)3-9-18(23)22-17/h2,4-8,12H,1,3,9-11H2,(H,21,24)(H,22,23). The smallest absolute Gasteiger partial charge is 0.251 e. The lowest BCUT2D eigenvalue weighted by Crippen LogP contribution is -2.25. The summed E-state index contributed by atoms with van der Waals surface area (Å²) in [4.78, 5) is 24.6. The average Bonchev–Trinajstić information content (AvgIpc) is 2.62. The van der Waals surface area contributed by atoms with Gasteiger partial charge in [-0.3, -0.25) is 9.59 Å². The largest absolute Gasteiger partial charge is 0.352 e. The summed E-state index contributed by atoms with van der Waals surface area (Å²) in [5.74, 6) is 0.526. The van der Waals surface area contributed by atoms with Gasteiger partial charge in [0.15, 0.2) is 0 Å². The van der Waals surface area contributed by atoms with Crippen molar-refractivity contribution in [2.24, 2.45) is 0 Å².